The van der Waals surface area contributed by atoms with Crippen LogP contribution in [0.4, 0.5) is 0 Å². The first-order valence-corrected chi connectivity index (χ1v) is 11.4. The highest BCUT2D eigenvalue weighted by molar-refractivity contribution is 8.00. The molecule has 4 rings (SSSR count). The molecule has 150 valence electrons. The average Bonchev–Trinajstić information content (AvgIpc) is 3.20. The number of thiazole rings is 1. The second-order valence-corrected chi connectivity index (χ2v) is 9.28. The summed E-state index contributed by atoms with van der Waals surface area (Å²) in [5.74, 6) is 0.579. The number of para-hydroxylation sites is 1. The predicted molar refractivity (Wildman–Crippen MR) is 116 cm³/mol. The van der Waals surface area contributed by atoms with Gasteiger partial charge in [-0.3, -0.25) is 9.59 Å². The van der Waals surface area contributed by atoms with Crippen molar-refractivity contribution in [2.24, 2.45) is 5.92 Å². The van der Waals surface area contributed by atoms with Crippen molar-refractivity contribution in [1.82, 2.24) is 9.88 Å². The molecule has 0 unspecified atom stereocenters. The van der Waals surface area contributed by atoms with E-state index in [1.165, 1.54) is 11.8 Å². The van der Waals surface area contributed by atoms with E-state index in [9.17, 15) is 9.59 Å². The minimum absolute atomic E-state index is 0.0266. The van der Waals surface area contributed by atoms with Crippen molar-refractivity contribution in [3.63, 3.8) is 0 Å². The number of carbonyl (C=O) groups excluding carboxylic acids is 2. The predicted octanol–water partition coefficient (Wildman–Crippen LogP) is 4.61. The van der Waals surface area contributed by atoms with E-state index in [-0.39, 0.29) is 17.8 Å². The number of esters is 1. The Bertz CT molecular complexity index is 975. The van der Waals surface area contributed by atoms with Gasteiger partial charge in [-0.15, -0.1) is 11.3 Å². The summed E-state index contributed by atoms with van der Waals surface area (Å²) in [5.41, 5.74) is 2.89. The van der Waals surface area contributed by atoms with Gasteiger partial charge in [0.25, 0.3) is 5.91 Å². The monoisotopic (exact) mass is 426 g/mol. The Hall–Kier alpha value is -2.38. The van der Waals surface area contributed by atoms with E-state index in [2.05, 4.69) is 11.1 Å². The summed E-state index contributed by atoms with van der Waals surface area (Å²) in [6.45, 7) is 1.18. The number of aromatic nitrogens is 1. The SMILES string of the molecule is COC(=O)C1CCN(C(=O)c2ccc(CSc3nc4ccccc4s3)cc2)CC1. The Morgan fingerprint density at radius 1 is 1.14 bits per heavy atom. The van der Waals surface area contributed by atoms with E-state index in [1.807, 2.05) is 47.4 Å². The Kier molecular flexibility index (Phi) is 6.16. The van der Waals surface area contributed by atoms with Crippen molar-refractivity contribution in [3.05, 3.63) is 59.7 Å². The lowest BCUT2D eigenvalue weighted by molar-refractivity contribution is -0.146. The molecule has 1 aliphatic rings. The van der Waals surface area contributed by atoms with Gasteiger partial charge in [0.2, 0.25) is 0 Å². The number of hydrogen-bond donors (Lipinski definition) is 0. The lowest BCUT2D eigenvalue weighted by Crippen LogP contribution is -2.40. The van der Waals surface area contributed by atoms with Gasteiger partial charge in [0, 0.05) is 24.4 Å². The molecule has 1 fully saturated rings. The molecule has 0 bridgehead atoms. The zero-order valence-electron chi connectivity index (χ0n) is 16.2. The van der Waals surface area contributed by atoms with Crippen molar-refractivity contribution >= 4 is 45.2 Å². The standard InChI is InChI=1S/C22H22N2O3S2/c1-27-21(26)17-10-12-24(13-11-17)20(25)16-8-6-15(7-9-16)14-28-22-23-18-4-2-3-5-19(18)29-22/h2-9,17H,10-14H2,1H3. The first-order valence-electron chi connectivity index (χ1n) is 9.58. The number of ether oxygens (including phenoxy) is 1. The van der Waals surface area contributed by atoms with Gasteiger partial charge in [-0.1, -0.05) is 36.0 Å². The molecule has 1 aromatic heterocycles. The van der Waals surface area contributed by atoms with Gasteiger partial charge < -0.3 is 9.64 Å². The summed E-state index contributed by atoms with van der Waals surface area (Å²) >= 11 is 3.42. The largest absolute Gasteiger partial charge is 0.469 e. The van der Waals surface area contributed by atoms with Crippen molar-refractivity contribution in [2.45, 2.75) is 22.9 Å². The minimum Gasteiger partial charge on any atom is -0.469 e. The van der Waals surface area contributed by atoms with Crippen LogP contribution in [0.15, 0.2) is 52.9 Å². The molecule has 1 amide bonds. The maximum Gasteiger partial charge on any atom is 0.308 e. The van der Waals surface area contributed by atoms with E-state index < -0.39 is 0 Å². The summed E-state index contributed by atoms with van der Waals surface area (Å²) in [4.78, 5) is 30.8. The van der Waals surface area contributed by atoms with Crippen molar-refractivity contribution in [3.8, 4) is 0 Å². The molecule has 29 heavy (non-hydrogen) atoms. The van der Waals surface area contributed by atoms with Crippen LogP contribution in [0.25, 0.3) is 10.2 Å². The molecule has 7 heteroatoms. The van der Waals surface area contributed by atoms with E-state index >= 15 is 0 Å². The Labute approximate surface area is 178 Å². The van der Waals surface area contributed by atoms with Gasteiger partial charge in [-0.2, -0.15) is 0 Å². The van der Waals surface area contributed by atoms with Crippen molar-refractivity contribution < 1.29 is 14.3 Å². The van der Waals surface area contributed by atoms with Crippen molar-refractivity contribution in [1.29, 1.82) is 0 Å². The van der Waals surface area contributed by atoms with Crippen LogP contribution < -0.4 is 0 Å². The smallest absolute Gasteiger partial charge is 0.308 e. The number of thioether (sulfide) groups is 1. The summed E-state index contributed by atoms with van der Waals surface area (Å²) in [6, 6.07) is 16.0. The van der Waals surface area contributed by atoms with E-state index in [1.54, 1.807) is 23.1 Å². The van der Waals surface area contributed by atoms with Crippen LogP contribution in [-0.4, -0.2) is 42.0 Å². The number of piperidine rings is 1. The molecule has 1 aliphatic heterocycles. The Morgan fingerprint density at radius 3 is 2.55 bits per heavy atom. The molecule has 0 aliphatic carbocycles. The number of amides is 1. The number of benzene rings is 2. The van der Waals surface area contributed by atoms with Gasteiger partial charge in [0.1, 0.15) is 0 Å². The average molecular weight is 427 g/mol. The van der Waals surface area contributed by atoms with Gasteiger partial charge in [-0.05, 0) is 42.7 Å². The zero-order chi connectivity index (χ0) is 20.2. The third kappa shape index (κ3) is 4.62. The molecule has 0 N–H and O–H groups in total. The molecule has 3 aromatic rings. The van der Waals surface area contributed by atoms with E-state index in [0.717, 1.165) is 21.2 Å². The van der Waals surface area contributed by atoms with Gasteiger partial charge in [0.15, 0.2) is 4.34 Å². The molecular weight excluding hydrogens is 404 g/mol. The fraction of sp³-hybridized carbons (Fsp3) is 0.318. The molecule has 1 saturated heterocycles. The fourth-order valence-corrected chi connectivity index (χ4v) is 5.49. The second kappa shape index (κ2) is 8.97. The molecule has 0 radical (unpaired) electrons. The van der Waals surface area contributed by atoms with E-state index in [4.69, 9.17) is 4.74 Å². The molecule has 0 atom stereocenters. The van der Waals surface area contributed by atoms with Crippen LogP contribution >= 0.6 is 23.1 Å². The lowest BCUT2D eigenvalue weighted by atomic mass is 9.96. The number of fused-ring (bicyclic) bond motifs is 1. The van der Waals surface area contributed by atoms with Crippen LogP contribution in [0, 0.1) is 5.92 Å². The third-order valence-corrected chi connectivity index (χ3v) is 7.40. The summed E-state index contributed by atoms with van der Waals surface area (Å²) in [5, 5.41) is 0. The highest BCUT2D eigenvalue weighted by Gasteiger charge is 2.28. The topological polar surface area (TPSA) is 59.5 Å². The molecule has 2 aromatic carbocycles. The normalized spacial score (nSPS) is 14.9. The minimum atomic E-state index is -0.174. The van der Waals surface area contributed by atoms with Crippen molar-refractivity contribution in [2.75, 3.05) is 20.2 Å². The summed E-state index contributed by atoms with van der Waals surface area (Å²) in [6.07, 6.45) is 1.32. The Balaban J connectivity index is 1.33. The molecule has 0 spiro atoms. The lowest BCUT2D eigenvalue weighted by Gasteiger charge is -2.30. The fourth-order valence-electron chi connectivity index (χ4n) is 3.47. The number of hydrogen-bond acceptors (Lipinski definition) is 6. The van der Waals surface area contributed by atoms with Gasteiger partial charge >= 0.3 is 5.97 Å². The maximum atomic E-state index is 12.7. The van der Waals surface area contributed by atoms with E-state index in [0.29, 0.717) is 31.5 Å². The summed E-state index contributed by atoms with van der Waals surface area (Å²) < 4.78 is 7.06. The highest BCUT2D eigenvalue weighted by atomic mass is 32.2. The van der Waals surface area contributed by atoms with Gasteiger partial charge in [-0.25, -0.2) is 4.98 Å². The molecule has 5 nitrogen and oxygen atoms in total. The van der Waals surface area contributed by atoms with Gasteiger partial charge in [0.05, 0.1) is 23.2 Å². The summed E-state index contributed by atoms with van der Waals surface area (Å²) in [7, 11) is 1.41. The number of methoxy groups -OCH3 is 1. The van der Waals surface area contributed by atoms with Crippen LogP contribution in [0.3, 0.4) is 0 Å². The molecule has 2 heterocycles. The first-order chi connectivity index (χ1) is 14.1. The second-order valence-electron chi connectivity index (χ2n) is 7.02. The highest BCUT2D eigenvalue weighted by Crippen LogP contribution is 2.31. The number of nitrogens with zero attached hydrogens (tertiary/aromatic N) is 2. The Morgan fingerprint density at radius 2 is 1.86 bits per heavy atom. The van der Waals surface area contributed by atoms with Crippen LogP contribution in [-0.2, 0) is 15.3 Å². The zero-order valence-corrected chi connectivity index (χ0v) is 17.8. The number of rotatable bonds is 5. The number of carbonyl (C=O) groups is 2. The first kappa shape index (κ1) is 19.9. The van der Waals surface area contributed by atoms with Crippen LogP contribution in [0.2, 0.25) is 0 Å². The quantitative estimate of drug-likeness (QED) is 0.440. The maximum absolute atomic E-state index is 12.7. The van der Waals surface area contributed by atoms with Crippen LogP contribution in [0.1, 0.15) is 28.8 Å². The number of likely N-dealkylation sites (tertiary alicyclic amines) is 1. The van der Waals surface area contributed by atoms with Crippen LogP contribution in [0.5, 0.6) is 0 Å². The molecule has 0 saturated carbocycles. The molecular formula is C22H22N2O3S2. The third-order valence-electron chi connectivity index (χ3n) is 5.15.